The Labute approximate surface area is 149 Å². The first-order valence-corrected chi connectivity index (χ1v) is 9.22. The van der Waals surface area contributed by atoms with Crippen LogP contribution in [-0.4, -0.2) is 14.3 Å². The number of carbonyl (C=O) groups excluding carboxylic acids is 1. The van der Waals surface area contributed by atoms with Gasteiger partial charge in [0.05, 0.1) is 4.90 Å². The highest BCUT2D eigenvalue weighted by Crippen LogP contribution is 2.18. The van der Waals surface area contributed by atoms with Crippen LogP contribution in [0.15, 0.2) is 68.7 Å². The Bertz CT molecular complexity index is 1120. The lowest BCUT2D eigenvalue weighted by atomic mass is 10.2. The van der Waals surface area contributed by atoms with E-state index in [1.54, 1.807) is 24.3 Å². The molecule has 0 saturated heterocycles. The number of benzene rings is 2. The van der Waals surface area contributed by atoms with Gasteiger partial charge >= 0.3 is 5.63 Å². The number of carbonyl (C=O) groups is 1. The summed E-state index contributed by atoms with van der Waals surface area (Å²) in [6, 6.07) is 13.9. The predicted octanol–water partition coefficient (Wildman–Crippen LogP) is 2.23. The third kappa shape index (κ3) is 4.16. The molecule has 0 aliphatic heterocycles. The molecule has 3 rings (SSSR count). The first-order chi connectivity index (χ1) is 12.3. The third-order valence-corrected chi connectivity index (χ3v) is 5.04. The standard InChI is InChI=1S/C18H16N2O5S/c1-12(21)20-15-5-2-13(3-6-15)11-19-26(23,24)16-7-8-17-14(10-16)4-9-18(22)25-17/h2-10,19H,11H2,1H3,(H,20,21). The molecule has 0 bridgehead atoms. The minimum atomic E-state index is -3.73. The lowest BCUT2D eigenvalue weighted by Gasteiger charge is -2.08. The largest absolute Gasteiger partial charge is 0.423 e. The lowest BCUT2D eigenvalue weighted by molar-refractivity contribution is -0.114. The van der Waals surface area contributed by atoms with Crippen LogP contribution in [0.2, 0.25) is 0 Å². The molecule has 1 heterocycles. The van der Waals surface area contributed by atoms with Crippen LogP contribution in [0.1, 0.15) is 12.5 Å². The maximum atomic E-state index is 12.5. The summed E-state index contributed by atoms with van der Waals surface area (Å²) in [5.41, 5.74) is 1.22. The first kappa shape index (κ1) is 17.8. The first-order valence-electron chi connectivity index (χ1n) is 7.74. The fraction of sp³-hybridized carbons (Fsp3) is 0.111. The van der Waals surface area contributed by atoms with E-state index in [1.807, 2.05) is 0 Å². The molecular weight excluding hydrogens is 356 g/mol. The van der Waals surface area contributed by atoms with Gasteiger partial charge in [0.2, 0.25) is 15.9 Å². The van der Waals surface area contributed by atoms with Gasteiger partial charge in [0.15, 0.2) is 0 Å². The number of anilines is 1. The van der Waals surface area contributed by atoms with Crippen molar-refractivity contribution in [2.75, 3.05) is 5.32 Å². The Kier molecular flexibility index (Phi) is 4.88. The monoisotopic (exact) mass is 372 g/mol. The number of nitrogens with one attached hydrogen (secondary N) is 2. The molecule has 134 valence electrons. The van der Waals surface area contributed by atoms with Crippen LogP contribution in [0.3, 0.4) is 0 Å². The molecule has 0 aliphatic rings. The molecule has 26 heavy (non-hydrogen) atoms. The van der Waals surface area contributed by atoms with Crippen molar-refractivity contribution < 1.29 is 17.6 Å². The molecule has 0 saturated carbocycles. The average molecular weight is 372 g/mol. The summed E-state index contributed by atoms with van der Waals surface area (Å²) in [5, 5.41) is 3.16. The highest BCUT2D eigenvalue weighted by molar-refractivity contribution is 7.89. The quantitative estimate of drug-likeness (QED) is 0.668. The third-order valence-electron chi connectivity index (χ3n) is 3.64. The molecule has 2 N–H and O–H groups in total. The van der Waals surface area contributed by atoms with Crippen molar-refractivity contribution in [3.05, 3.63) is 70.6 Å². The van der Waals surface area contributed by atoms with Gasteiger partial charge in [0.1, 0.15) is 5.58 Å². The molecule has 8 heteroatoms. The van der Waals surface area contributed by atoms with Crippen LogP contribution >= 0.6 is 0 Å². The van der Waals surface area contributed by atoms with E-state index >= 15 is 0 Å². The normalized spacial score (nSPS) is 11.4. The van der Waals surface area contributed by atoms with Gasteiger partial charge in [-0.15, -0.1) is 0 Å². The molecule has 7 nitrogen and oxygen atoms in total. The number of fused-ring (bicyclic) bond motifs is 1. The van der Waals surface area contributed by atoms with Crippen LogP contribution in [0.25, 0.3) is 11.0 Å². The molecule has 3 aromatic rings. The summed E-state index contributed by atoms with van der Waals surface area (Å²) in [6.45, 7) is 1.52. The summed E-state index contributed by atoms with van der Waals surface area (Å²) in [4.78, 5) is 22.3. The molecule has 1 amide bonds. The number of hydrogen-bond acceptors (Lipinski definition) is 5. The maximum absolute atomic E-state index is 12.5. The molecule has 1 aromatic heterocycles. The zero-order chi connectivity index (χ0) is 18.7. The van der Waals surface area contributed by atoms with E-state index < -0.39 is 15.6 Å². The Morgan fingerprint density at radius 3 is 2.46 bits per heavy atom. The zero-order valence-corrected chi connectivity index (χ0v) is 14.7. The number of rotatable bonds is 5. The van der Waals surface area contributed by atoms with E-state index in [0.717, 1.165) is 5.56 Å². The van der Waals surface area contributed by atoms with Gasteiger partial charge < -0.3 is 9.73 Å². The number of sulfonamides is 1. The second kappa shape index (κ2) is 7.11. The van der Waals surface area contributed by atoms with Gasteiger partial charge in [0.25, 0.3) is 0 Å². The van der Waals surface area contributed by atoms with Crippen molar-refractivity contribution in [1.29, 1.82) is 0 Å². The van der Waals surface area contributed by atoms with Crippen LogP contribution in [0.5, 0.6) is 0 Å². The van der Waals surface area contributed by atoms with Crippen LogP contribution in [-0.2, 0) is 21.4 Å². The molecule has 0 spiro atoms. The molecule has 0 atom stereocenters. The van der Waals surface area contributed by atoms with Crippen LogP contribution in [0, 0.1) is 0 Å². The smallest absolute Gasteiger partial charge is 0.336 e. The average Bonchev–Trinajstić information content (AvgIpc) is 2.60. The molecular formula is C18H16N2O5S. The van der Waals surface area contributed by atoms with Gasteiger partial charge in [-0.05, 0) is 42.0 Å². The molecule has 0 aliphatic carbocycles. The van der Waals surface area contributed by atoms with Crippen molar-refractivity contribution in [2.45, 2.75) is 18.4 Å². The number of amides is 1. The number of hydrogen-bond donors (Lipinski definition) is 2. The fourth-order valence-electron chi connectivity index (χ4n) is 2.39. The van der Waals surface area contributed by atoms with E-state index in [4.69, 9.17) is 4.42 Å². The summed E-state index contributed by atoms with van der Waals surface area (Å²) >= 11 is 0. The second-order valence-electron chi connectivity index (χ2n) is 5.66. The van der Waals surface area contributed by atoms with Crippen molar-refractivity contribution in [3.8, 4) is 0 Å². The predicted molar refractivity (Wildman–Crippen MR) is 97.3 cm³/mol. The molecule has 0 fully saturated rings. The van der Waals surface area contributed by atoms with Gasteiger partial charge in [-0.3, -0.25) is 4.79 Å². The Morgan fingerprint density at radius 1 is 1.04 bits per heavy atom. The van der Waals surface area contributed by atoms with E-state index in [1.165, 1.54) is 37.3 Å². The Balaban J connectivity index is 1.75. The topological polar surface area (TPSA) is 105 Å². The van der Waals surface area contributed by atoms with Crippen molar-refractivity contribution >= 4 is 32.6 Å². The lowest BCUT2D eigenvalue weighted by Crippen LogP contribution is -2.23. The molecule has 2 aromatic carbocycles. The van der Waals surface area contributed by atoms with Crippen molar-refractivity contribution in [3.63, 3.8) is 0 Å². The Hall–Kier alpha value is -2.97. The maximum Gasteiger partial charge on any atom is 0.336 e. The fourth-order valence-corrected chi connectivity index (χ4v) is 3.44. The molecule has 0 unspecified atom stereocenters. The van der Waals surface area contributed by atoms with Gasteiger partial charge in [-0.25, -0.2) is 17.9 Å². The van der Waals surface area contributed by atoms with Crippen LogP contribution in [0.4, 0.5) is 5.69 Å². The highest BCUT2D eigenvalue weighted by Gasteiger charge is 2.14. The summed E-state index contributed by atoms with van der Waals surface area (Å²) < 4.78 is 32.5. The summed E-state index contributed by atoms with van der Waals surface area (Å²) in [7, 11) is -3.73. The van der Waals surface area contributed by atoms with E-state index in [9.17, 15) is 18.0 Å². The van der Waals surface area contributed by atoms with E-state index in [-0.39, 0.29) is 17.3 Å². The minimum absolute atomic E-state index is 0.0775. The minimum Gasteiger partial charge on any atom is -0.423 e. The van der Waals surface area contributed by atoms with Gasteiger partial charge in [0, 0.05) is 30.6 Å². The van der Waals surface area contributed by atoms with Crippen molar-refractivity contribution in [2.24, 2.45) is 0 Å². The van der Waals surface area contributed by atoms with Gasteiger partial charge in [-0.2, -0.15) is 0 Å². The zero-order valence-electron chi connectivity index (χ0n) is 13.9. The molecule has 0 radical (unpaired) electrons. The van der Waals surface area contributed by atoms with Crippen LogP contribution < -0.4 is 15.7 Å². The SMILES string of the molecule is CC(=O)Nc1ccc(CNS(=O)(=O)c2ccc3oc(=O)ccc3c2)cc1. The summed E-state index contributed by atoms with van der Waals surface area (Å²) in [5.74, 6) is -0.175. The van der Waals surface area contributed by atoms with E-state index in [2.05, 4.69) is 10.0 Å². The Morgan fingerprint density at radius 2 is 1.77 bits per heavy atom. The summed E-state index contributed by atoms with van der Waals surface area (Å²) in [6.07, 6.45) is 0. The van der Waals surface area contributed by atoms with Gasteiger partial charge in [-0.1, -0.05) is 12.1 Å². The van der Waals surface area contributed by atoms with E-state index in [0.29, 0.717) is 16.7 Å². The highest BCUT2D eigenvalue weighted by atomic mass is 32.2. The second-order valence-corrected chi connectivity index (χ2v) is 7.42. The van der Waals surface area contributed by atoms with Crippen molar-refractivity contribution in [1.82, 2.24) is 4.72 Å².